The molecule has 2 N–H and O–H groups in total. The van der Waals surface area contributed by atoms with Gasteiger partial charge in [-0.25, -0.2) is 4.79 Å². The molecule has 2 aromatic carbocycles. The number of carboxylic acids is 1. The molecule has 1 aliphatic rings. The second-order valence-electron chi connectivity index (χ2n) is 7.42. The van der Waals surface area contributed by atoms with E-state index in [2.05, 4.69) is 5.32 Å². The van der Waals surface area contributed by atoms with Crippen LogP contribution in [0.2, 0.25) is 5.02 Å². The standard InChI is InChI=1S/C21H24ClN3O3.C2HF3O2/c1-28-18-7-4-6-16(13-18)21(27)25(14-17-5-2-3-8-19(17)22)15-20(26)24-11-9-23-10-12-24;3-2(4,5)1(6)7/h2-8,13,23H,9-12,14-15H2,1H3;(H,6,7). The van der Waals surface area contributed by atoms with E-state index in [1.54, 1.807) is 47.2 Å². The number of hydrogen-bond donors (Lipinski definition) is 2. The van der Waals surface area contributed by atoms with E-state index in [1.165, 1.54) is 0 Å². The zero-order valence-corrected chi connectivity index (χ0v) is 19.6. The van der Waals surface area contributed by atoms with Crippen LogP contribution in [0.4, 0.5) is 13.2 Å². The van der Waals surface area contributed by atoms with E-state index < -0.39 is 12.1 Å². The average molecular weight is 516 g/mol. The van der Waals surface area contributed by atoms with Gasteiger partial charge in [0.25, 0.3) is 5.91 Å². The van der Waals surface area contributed by atoms with Crippen molar-refractivity contribution >= 4 is 29.4 Å². The van der Waals surface area contributed by atoms with Crippen molar-refractivity contribution in [3.05, 3.63) is 64.7 Å². The minimum absolute atomic E-state index is 0.00126. The zero-order valence-electron chi connectivity index (χ0n) is 18.8. The molecule has 3 rings (SSSR count). The summed E-state index contributed by atoms with van der Waals surface area (Å²) in [4.78, 5) is 38.2. The van der Waals surface area contributed by atoms with Crippen LogP contribution in [-0.4, -0.2) is 78.7 Å². The topological polar surface area (TPSA) is 99.2 Å². The molecule has 1 saturated heterocycles. The second-order valence-corrected chi connectivity index (χ2v) is 7.83. The molecule has 0 atom stereocenters. The zero-order chi connectivity index (χ0) is 26.0. The van der Waals surface area contributed by atoms with E-state index >= 15 is 0 Å². The molecule has 0 radical (unpaired) electrons. The molecule has 2 amide bonds. The van der Waals surface area contributed by atoms with E-state index in [-0.39, 0.29) is 24.9 Å². The van der Waals surface area contributed by atoms with Gasteiger partial charge in [-0.3, -0.25) is 9.59 Å². The minimum Gasteiger partial charge on any atom is -0.497 e. The van der Waals surface area contributed by atoms with E-state index in [0.29, 0.717) is 29.4 Å². The smallest absolute Gasteiger partial charge is 0.490 e. The van der Waals surface area contributed by atoms with Crippen LogP contribution in [0.25, 0.3) is 0 Å². The lowest BCUT2D eigenvalue weighted by atomic mass is 10.1. The van der Waals surface area contributed by atoms with Gasteiger partial charge in [0.15, 0.2) is 0 Å². The first-order valence-corrected chi connectivity index (χ1v) is 10.9. The van der Waals surface area contributed by atoms with Crippen LogP contribution < -0.4 is 10.1 Å². The van der Waals surface area contributed by atoms with Gasteiger partial charge in [0.2, 0.25) is 5.91 Å². The van der Waals surface area contributed by atoms with Gasteiger partial charge in [-0.05, 0) is 29.8 Å². The molecule has 2 aromatic rings. The molecule has 1 aliphatic heterocycles. The number of methoxy groups -OCH3 is 1. The highest BCUT2D eigenvalue weighted by molar-refractivity contribution is 6.31. The first-order valence-electron chi connectivity index (χ1n) is 10.5. The number of piperazine rings is 1. The maximum Gasteiger partial charge on any atom is 0.490 e. The predicted molar refractivity (Wildman–Crippen MR) is 122 cm³/mol. The van der Waals surface area contributed by atoms with E-state index in [9.17, 15) is 22.8 Å². The lowest BCUT2D eigenvalue weighted by Crippen LogP contribution is -2.50. The molecule has 8 nitrogen and oxygen atoms in total. The summed E-state index contributed by atoms with van der Waals surface area (Å²) in [6, 6.07) is 14.3. The average Bonchev–Trinajstić information content (AvgIpc) is 2.84. The van der Waals surface area contributed by atoms with Gasteiger partial charge in [-0.15, -0.1) is 0 Å². The van der Waals surface area contributed by atoms with Gasteiger partial charge in [0.1, 0.15) is 12.3 Å². The minimum atomic E-state index is -5.08. The highest BCUT2D eigenvalue weighted by atomic mass is 35.5. The van der Waals surface area contributed by atoms with Gasteiger partial charge >= 0.3 is 12.1 Å². The molecule has 0 bridgehead atoms. The third-order valence-corrected chi connectivity index (χ3v) is 5.33. The summed E-state index contributed by atoms with van der Waals surface area (Å²) in [7, 11) is 1.55. The normalized spacial score (nSPS) is 13.3. The van der Waals surface area contributed by atoms with Crippen molar-refractivity contribution in [2.75, 3.05) is 39.8 Å². The number of nitrogens with zero attached hydrogens (tertiary/aromatic N) is 2. The molecule has 35 heavy (non-hydrogen) atoms. The maximum absolute atomic E-state index is 13.2. The molecule has 0 saturated carbocycles. The summed E-state index contributed by atoms with van der Waals surface area (Å²) in [5.41, 5.74) is 1.27. The lowest BCUT2D eigenvalue weighted by Gasteiger charge is -2.30. The van der Waals surface area contributed by atoms with Gasteiger partial charge in [0, 0.05) is 43.3 Å². The summed E-state index contributed by atoms with van der Waals surface area (Å²) in [5, 5.41) is 10.9. The van der Waals surface area contributed by atoms with Gasteiger partial charge in [-0.2, -0.15) is 13.2 Å². The number of ether oxygens (including phenoxy) is 1. The Morgan fingerprint density at radius 3 is 2.31 bits per heavy atom. The van der Waals surface area contributed by atoms with Crippen LogP contribution in [0.15, 0.2) is 48.5 Å². The van der Waals surface area contributed by atoms with Crippen molar-refractivity contribution in [3.63, 3.8) is 0 Å². The molecular formula is C23H25ClF3N3O5. The van der Waals surface area contributed by atoms with Crippen LogP contribution in [0.5, 0.6) is 5.75 Å². The number of nitrogens with one attached hydrogen (secondary N) is 1. The van der Waals surface area contributed by atoms with Crippen molar-refractivity contribution in [2.45, 2.75) is 12.7 Å². The quantitative estimate of drug-likeness (QED) is 0.613. The lowest BCUT2D eigenvalue weighted by molar-refractivity contribution is -0.192. The van der Waals surface area contributed by atoms with Crippen LogP contribution in [0.3, 0.4) is 0 Å². The number of amides is 2. The van der Waals surface area contributed by atoms with Crippen LogP contribution >= 0.6 is 11.6 Å². The van der Waals surface area contributed by atoms with Crippen molar-refractivity contribution in [2.24, 2.45) is 0 Å². The number of aliphatic carboxylic acids is 1. The van der Waals surface area contributed by atoms with Crippen molar-refractivity contribution in [1.29, 1.82) is 0 Å². The Morgan fingerprint density at radius 2 is 1.74 bits per heavy atom. The number of carboxylic acid groups (broad SMARTS) is 1. The van der Waals surface area contributed by atoms with Crippen LogP contribution in [0, 0.1) is 0 Å². The summed E-state index contributed by atoms with van der Waals surface area (Å²) in [6.45, 7) is 3.08. The van der Waals surface area contributed by atoms with E-state index in [1.807, 2.05) is 18.2 Å². The fourth-order valence-corrected chi connectivity index (χ4v) is 3.34. The van der Waals surface area contributed by atoms with E-state index in [4.69, 9.17) is 26.2 Å². The van der Waals surface area contributed by atoms with Crippen molar-refractivity contribution < 1.29 is 37.4 Å². The first-order chi connectivity index (χ1) is 16.5. The highest BCUT2D eigenvalue weighted by Gasteiger charge is 2.38. The second kappa shape index (κ2) is 13.0. The molecule has 0 aliphatic carbocycles. The molecule has 0 aromatic heterocycles. The Bertz CT molecular complexity index is 1030. The summed E-state index contributed by atoms with van der Waals surface area (Å²) >= 11 is 6.29. The monoisotopic (exact) mass is 515 g/mol. The predicted octanol–water partition coefficient (Wildman–Crippen LogP) is 3.06. The number of alkyl halides is 3. The molecular weight excluding hydrogens is 491 g/mol. The fraction of sp³-hybridized carbons (Fsp3) is 0.348. The van der Waals surface area contributed by atoms with E-state index in [0.717, 1.165) is 18.7 Å². The number of halogens is 4. The summed E-state index contributed by atoms with van der Waals surface area (Å²) in [6.07, 6.45) is -5.08. The third-order valence-electron chi connectivity index (χ3n) is 4.96. The largest absolute Gasteiger partial charge is 0.497 e. The highest BCUT2D eigenvalue weighted by Crippen LogP contribution is 2.20. The molecule has 1 fully saturated rings. The number of rotatable bonds is 6. The fourth-order valence-electron chi connectivity index (χ4n) is 3.15. The van der Waals surface area contributed by atoms with Crippen molar-refractivity contribution in [1.82, 2.24) is 15.1 Å². The number of benzene rings is 2. The molecule has 0 spiro atoms. The number of carbonyl (C=O) groups is 3. The van der Waals surface area contributed by atoms with Gasteiger partial charge in [0.05, 0.1) is 7.11 Å². The van der Waals surface area contributed by atoms with Crippen LogP contribution in [0.1, 0.15) is 15.9 Å². The molecule has 0 unspecified atom stereocenters. The first kappa shape index (κ1) is 27.9. The van der Waals surface area contributed by atoms with Crippen LogP contribution in [-0.2, 0) is 16.1 Å². The Labute approximate surface area is 205 Å². The molecule has 1 heterocycles. The Kier molecular flexibility index (Phi) is 10.3. The Balaban J connectivity index is 0.000000540. The third kappa shape index (κ3) is 8.76. The Morgan fingerprint density at radius 1 is 1.11 bits per heavy atom. The Hall–Kier alpha value is -3.31. The van der Waals surface area contributed by atoms with Gasteiger partial charge in [-0.1, -0.05) is 35.9 Å². The molecule has 190 valence electrons. The maximum atomic E-state index is 13.2. The number of carbonyl (C=O) groups excluding carboxylic acids is 2. The summed E-state index contributed by atoms with van der Waals surface area (Å²) in [5.74, 6) is -2.46. The van der Waals surface area contributed by atoms with Gasteiger partial charge < -0.3 is 25.0 Å². The molecule has 12 heteroatoms. The SMILES string of the molecule is COc1cccc(C(=O)N(CC(=O)N2CCNCC2)Cc2ccccc2Cl)c1.O=C(O)C(F)(F)F. The summed E-state index contributed by atoms with van der Waals surface area (Å²) < 4.78 is 37.0. The number of hydrogen-bond acceptors (Lipinski definition) is 5. The van der Waals surface area contributed by atoms with Crippen molar-refractivity contribution in [3.8, 4) is 5.75 Å².